The van der Waals surface area contributed by atoms with Gasteiger partial charge in [0.05, 0.1) is 14.2 Å². The first-order valence-corrected chi connectivity index (χ1v) is 9.24. The molecular weight excluding hydrogens is 316 g/mol. The Hall–Kier alpha value is -1.75. The zero-order chi connectivity index (χ0) is 18.2. The van der Waals surface area contributed by atoms with Gasteiger partial charge in [-0.3, -0.25) is 9.69 Å². The van der Waals surface area contributed by atoms with Gasteiger partial charge in [-0.25, -0.2) is 0 Å². The Kier molecular flexibility index (Phi) is 7.56. The van der Waals surface area contributed by atoms with Crippen LogP contribution in [0.15, 0.2) is 18.2 Å². The minimum atomic E-state index is 0.154. The molecule has 5 nitrogen and oxygen atoms in total. The Bertz CT molecular complexity index is 552. The van der Waals surface area contributed by atoms with E-state index in [4.69, 9.17) is 9.47 Å². The van der Waals surface area contributed by atoms with E-state index < -0.39 is 0 Å². The van der Waals surface area contributed by atoms with Gasteiger partial charge in [-0.1, -0.05) is 19.9 Å². The molecular formula is C20H32N2O3. The van der Waals surface area contributed by atoms with Crippen molar-refractivity contribution < 1.29 is 14.3 Å². The zero-order valence-corrected chi connectivity index (χ0v) is 16.0. The average Bonchev–Trinajstić information content (AvgIpc) is 2.62. The van der Waals surface area contributed by atoms with E-state index in [1.54, 1.807) is 14.2 Å². The third kappa shape index (κ3) is 5.92. The minimum absolute atomic E-state index is 0.154. The number of piperidine rings is 1. The third-order valence-corrected chi connectivity index (χ3v) is 4.87. The second-order valence-corrected chi connectivity index (χ2v) is 7.20. The average molecular weight is 348 g/mol. The first kappa shape index (κ1) is 19.6. The predicted octanol–water partition coefficient (Wildman–Crippen LogP) is 3.08. The van der Waals surface area contributed by atoms with Crippen LogP contribution in [0.1, 0.15) is 38.7 Å². The van der Waals surface area contributed by atoms with Crippen LogP contribution in [0.3, 0.4) is 0 Å². The predicted molar refractivity (Wildman–Crippen MR) is 100 cm³/mol. The molecule has 2 rings (SSSR count). The van der Waals surface area contributed by atoms with Crippen molar-refractivity contribution in [1.82, 2.24) is 10.2 Å². The number of ether oxygens (including phenoxy) is 2. The SMILES string of the molecule is COc1ccc(CN2CCC(C(=O)NCCC(C)C)CC2)c(OC)c1. The standard InChI is InChI=1S/C20H32N2O3/c1-15(2)7-10-21-20(23)16-8-11-22(12-9-16)14-17-5-6-18(24-3)13-19(17)25-4/h5-6,13,15-16H,7-12,14H2,1-4H3,(H,21,23). The summed E-state index contributed by atoms with van der Waals surface area (Å²) in [6.45, 7) is 7.87. The van der Waals surface area contributed by atoms with Gasteiger partial charge in [-0.15, -0.1) is 0 Å². The van der Waals surface area contributed by atoms with E-state index in [0.29, 0.717) is 5.92 Å². The maximum atomic E-state index is 12.3. The van der Waals surface area contributed by atoms with Gasteiger partial charge in [-0.05, 0) is 44.3 Å². The second-order valence-electron chi connectivity index (χ2n) is 7.20. The number of carbonyl (C=O) groups is 1. The molecule has 0 aromatic heterocycles. The van der Waals surface area contributed by atoms with E-state index in [-0.39, 0.29) is 11.8 Å². The quantitative estimate of drug-likeness (QED) is 0.784. The molecule has 0 saturated carbocycles. The lowest BCUT2D eigenvalue weighted by molar-refractivity contribution is -0.126. The summed E-state index contributed by atoms with van der Waals surface area (Å²) in [5.41, 5.74) is 1.16. The first-order chi connectivity index (χ1) is 12.0. The van der Waals surface area contributed by atoms with Gasteiger partial charge in [0.25, 0.3) is 0 Å². The number of rotatable bonds is 8. The Morgan fingerprint density at radius 1 is 1.24 bits per heavy atom. The highest BCUT2D eigenvalue weighted by molar-refractivity contribution is 5.78. The zero-order valence-electron chi connectivity index (χ0n) is 16.0. The van der Waals surface area contributed by atoms with Gasteiger partial charge in [0.1, 0.15) is 11.5 Å². The van der Waals surface area contributed by atoms with Crippen molar-refractivity contribution in [2.45, 2.75) is 39.7 Å². The highest BCUT2D eigenvalue weighted by atomic mass is 16.5. The Morgan fingerprint density at radius 3 is 2.56 bits per heavy atom. The van der Waals surface area contributed by atoms with Crippen molar-refractivity contribution in [2.75, 3.05) is 33.9 Å². The van der Waals surface area contributed by atoms with Crippen LogP contribution in [0.5, 0.6) is 11.5 Å². The highest BCUT2D eigenvalue weighted by Gasteiger charge is 2.25. The molecule has 0 unspecified atom stereocenters. The van der Waals surface area contributed by atoms with Crippen LogP contribution in [-0.4, -0.2) is 44.7 Å². The summed E-state index contributed by atoms with van der Waals surface area (Å²) in [4.78, 5) is 14.6. The van der Waals surface area contributed by atoms with Crippen LogP contribution in [0.25, 0.3) is 0 Å². The molecule has 0 aliphatic carbocycles. The molecule has 1 aromatic carbocycles. The molecule has 25 heavy (non-hydrogen) atoms. The van der Waals surface area contributed by atoms with Crippen LogP contribution in [-0.2, 0) is 11.3 Å². The van der Waals surface area contributed by atoms with E-state index in [0.717, 1.165) is 62.5 Å². The molecule has 1 aliphatic heterocycles. The molecule has 0 bridgehead atoms. The number of hydrogen-bond donors (Lipinski definition) is 1. The topological polar surface area (TPSA) is 50.8 Å². The van der Waals surface area contributed by atoms with E-state index in [1.165, 1.54) is 0 Å². The van der Waals surface area contributed by atoms with Crippen LogP contribution < -0.4 is 14.8 Å². The van der Waals surface area contributed by atoms with E-state index >= 15 is 0 Å². The van der Waals surface area contributed by atoms with Gasteiger partial charge in [0.2, 0.25) is 5.91 Å². The molecule has 1 heterocycles. The van der Waals surface area contributed by atoms with E-state index in [1.807, 2.05) is 12.1 Å². The number of likely N-dealkylation sites (tertiary alicyclic amines) is 1. The molecule has 5 heteroatoms. The fraction of sp³-hybridized carbons (Fsp3) is 0.650. The van der Waals surface area contributed by atoms with Gasteiger partial charge < -0.3 is 14.8 Å². The molecule has 1 amide bonds. The van der Waals surface area contributed by atoms with Gasteiger partial charge in [0, 0.05) is 30.6 Å². The number of nitrogens with zero attached hydrogens (tertiary/aromatic N) is 1. The number of benzene rings is 1. The lowest BCUT2D eigenvalue weighted by Gasteiger charge is -2.31. The van der Waals surface area contributed by atoms with Gasteiger partial charge in [0.15, 0.2) is 0 Å². The van der Waals surface area contributed by atoms with E-state index in [9.17, 15) is 4.79 Å². The smallest absolute Gasteiger partial charge is 0.223 e. The maximum absolute atomic E-state index is 12.3. The lowest BCUT2D eigenvalue weighted by Crippen LogP contribution is -2.40. The van der Waals surface area contributed by atoms with Crippen LogP contribution in [0.4, 0.5) is 0 Å². The molecule has 1 aliphatic rings. The molecule has 1 fully saturated rings. The fourth-order valence-corrected chi connectivity index (χ4v) is 3.21. The summed E-state index contributed by atoms with van der Waals surface area (Å²) in [6, 6.07) is 5.94. The van der Waals surface area contributed by atoms with Crippen molar-refractivity contribution in [3.63, 3.8) is 0 Å². The summed E-state index contributed by atoms with van der Waals surface area (Å²) >= 11 is 0. The monoisotopic (exact) mass is 348 g/mol. The second kappa shape index (κ2) is 9.66. The normalized spacial score (nSPS) is 16.0. The minimum Gasteiger partial charge on any atom is -0.497 e. The molecule has 1 N–H and O–H groups in total. The number of carbonyl (C=O) groups excluding carboxylic acids is 1. The number of amides is 1. The first-order valence-electron chi connectivity index (χ1n) is 9.24. The summed E-state index contributed by atoms with van der Waals surface area (Å²) in [5, 5.41) is 3.09. The highest BCUT2D eigenvalue weighted by Crippen LogP contribution is 2.27. The third-order valence-electron chi connectivity index (χ3n) is 4.87. The van der Waals surface area contributed by atoms with E-state index in [2.05, 4.69) is 30.1 Å². The van der Waals surface area contributed by atoms with Crippen LogP contribution in [0.2, 0.25) is 0 Å². The van der Waals surface area contributed by atoms with Crippen molar-refractivity contribution >= 4 is 5.91 Å². The number of nitrogens with one attached hydrogen (secondary N) is 1. The molecule has 1 aromatic rings. The van der Waals surface area contributed by atoms with Crippen molar-refractivity contribution in [3.05, 3.63) is 23.8 Å². The molecule has 0 radical (unpaired) electrons. The lowest BCUT2D eigenvalue weighted by atomic mass is 9.95. The summed E-state index contributed by atoms with van der Waals surface area (Å²) in [5.74, 6) is 2.66. The van der Waals surface area contributed by atoms with Crippen molar-refractivity contribution in [3.8, 4) is 11.5 Å². The van der Waals surface area contributed by atoms with Crippen molar-refractivity contribution in [2.24, 2.45) is 11.8 Å². The van der Waals surface area contributed by atoms with Gasteiger partial charge >= 0.3 is 0 Å². The Labute approximate surface area is 151 Å². The summed E-state index contributed by atoms with van der Waals surface area (Å²) in [6.07, 6.45) is 2.89. The molecule has 1 saturated heterocycles. The largest absolute Gasteiger partial charge is 0.497 e. The number of methoxy groups -OCH3 is 2. The Morgan fingerprint density at radius 2 is 1.96 bits per heavy atom. The maximum Gasteiger partial charge on any atom is 0.223 e. The molecule has 0 atom stereocenters. The Balaban J connectivity index is 1.81. The number of hydrogen-bond acceptors (Lipinski definition) is 4. The van der Waals surface area contributed by atoms with Crippen LogP contribution in [0, 0.1) is 11.8 Å². The fourth-order valence-electron chi connectivity index (χ4n) is 3.21. The van der Waals surface area contributed by atoms with Crippen molar-refractivity contribution in [1.29, 1.82) is 0 Å². The summed E-state index contributed by atoms with van der Waals surface area (Å²) in [7, 11) is 3.34. The molecule has 140 valence electrons. The van der Waals surface area contributed by atoms with Crippen LogP contribution >= 0.6 is 0 Å². The molecule has 0 spiro atoms. The summed E-state index contributed by atoms with van der Waals surface area (Å²) < 4.78 is 10.7. The van der Waals surface area contributed by atoms with Gasteiger partial charge in [-0.2, -0.15) is 0 Å².